The fourth-order valence-electron chi connectivity index (χ4n) is 2.92. The minimum absolute atomic E-state index is 0.353. The van der Waals surface area contributed by atoms with Gasteiger partial charge in [-0.05, 0) is 53.1 Å². The van der Waals surface area contributed by atoms with Crippen LogP contribution in [0.4, 0.5) is 0 Å². The molecule has 0 aliphatic carbocycles. The molecule has 3 aromatic rings. The van der Waals surface area contributed by atoms with Gasteiger partial charge in [-0.1, -0.05) is 61.2 Å². The minimum atomic E-state index is -0.353. The highest BCUT2D eigenvalue weighted by molar-refractivity contribution is 5.81. The van der Waals surface area contributed by atoms with Gasteiger partial charge in [0.15, 0.2) is 0 Å². The number of aromatic nitrogens is 1. The monoisotopic (exact) mass is 357 g/mol. The van der Waals surface area contributed by atoms with Gasteiger partial charge in [0.25, 0.3) is 0 Å². The molecule has 0 N–H and O–H groups in total. The second-order valence-corrected chi connectivity index (χ2v) is 6.34. The molecule has 0 aliphatic rings. The SMILES string of the molecule is C=CC(=O)OCCCCc1ccc(-c2ccc(-c3cccnc3)cc2)cc1. The molecule has 3 nitrogen and oxygen atoms in total. The van der Waals surface area contributed by atoms with Gasteiger partial charge in [-0.25, -0.2) is 4.79 Å². The summed E-state index contributed by atoms with van der Waals surface area (Å²) in [6, 6.07) is 21.2. The number of esters is 1. The molecule has 1 heterocycles. The van der Waals surface area contributed by atoms with E-state index >= 15 is 0 Å². The van der Waals surface area contributed by atoms with E-state index in [0.29, 0.717) is 6.61 Å². The largest absolute Gasteiger partial charge is 0.463 e. The Labute approximate surface area is 160 Å². The predicted octanol–water partition coefficient (Wildman–Crippen LogP) is 5.47. The lowest BCUT2D eigenvalue weighted by molar-refractivity contribution is -0.137. The van der Waals surface area contributed by atoms with Gasteiger partial charge in [0, 0.05) is 18.5 Å². The maximum Gasteiger partial charge on any atom is 0.330 e. The molecule has 0 amide bonds. The third-order valence-corrected chi connectivity index (χ3v) is 4.44. The lowest BCUT2D eigenvalue weighted by Crippen LogP contribution is -2.02. The van der Waals surface area contributed by atoms with Crippen LogP contribution in [0.3, 0.4) is 0 Å². The van der Waals surface area contributed by atoms with E-state index in [1.54, 1.807) is 6.20 Å². The molecule has 0 atom stereocenters. The molecule has 0 unspecified atom stereocenters. The van der Waals surface area contributed by atoms with Gasteiger partial charge in [-0.2, -0.15) is 0 Å². The van der Waals surface area contributed by atoms with E-state index in [9.17, 15) is 4.79 Å². The third-order valence-electron chi connectivity index (χ3n) is 4.44. The van der Waals surface area contributed by atoms with E-state index in [1.807, 2.05) is 12.3 Å². The molecule has 0 saturated carbocycles. The zero-order valence-corrected chi connectivity index (χ0v) is 15.3. The van der Waals surface area contributed by atoms with Crippen LogP contribution in [0.1, 0.15) is 18.4 Å². The molecule has 1 aromatic heterocycles. The van der Waals surface area contributed by atoms with Crippen molar-refractivity contribution in [2.75, 3.05) is 6.61 Å². The number of pyridine rings is 1. The Morgan fingerprint density at radius 2 is 1.52 bits per heavy atom. The molecule has 0 spiro atoms. The number of hydrogen-bond donors (Lipinski definition) is 0. The Balaban J connectivity index is 1.54. The van der Waals surface area contributed by atoms with Crippen LogP contribution in [0.25, 0.3) is 22.3 Å². The summed E-state index contributed by atoms with van der Waals surface area (Å²) >= 11 is 0. The number of unbranched alkanes of at least 4 members (excludes halogenated alkanes) is 1. The van der Waals surface area contributed by atoms with Crippen molar-refractivity contribution in [1.82, 2.24) is 4.98 Å². The van der Waals surface area contributed by atoms with Crippen molar-refractivity contribution in [1.29, 1.82) is 0 Å². The van der Waals surface area contributed by atoms with Crippen LogP contribution in [0, 0.1) is 0 Å². The number of aryl methyl sites for hydroxylation is 1. The summed E-state index contributed by atoms with van der Waals surface area (Å²) in [7, 11) is 0. The van der Waals surface area contributed by atoms with Crippen molar-refractivity contribution in [3.05, 3.63) is 91.3 Å². The van der Waals surface area contributed by atoms with Crippen LogP contribution >= 0.6 is 0 Å². The first-order chi connectivity index (χ1) is 13.3. The fourth-order valence-corrected chi connectivity index (χ4v) is 2.92. The highest BCUT2D eigenvalue weighted by atomic mass is 16.5. The molecule has 0 aliphatic heterocycles. The van der Waals surface area contributed by atoms with E-state index < -0.39 is 0 Å². The first-order valence-electron chi connectivity index (χ1n) is 9.15. The van der Waals surface area contributed by atoms with Crippen LogP contribution < -0.4 is 0 Å². The second-order valence-electron chi connectivity index (χ2n) is 6.34. The smallest absolute Gasteiger partial charge is 0.330 e. The quantitative estimate of drug-likeness (QED) is 0.305. The van der Waals surface area contributed by atoms with E-state index in [2.05, 4.69) is 66.2 Å². The first-order valence-corrected chi connectivity index (χ1v) is 9.15. The van der Waals surface area contributed by atoms with Gasteiger partial charge in [-0.3, -0.25) is 4.98 Å². The van der Waals surface area contributed by atoms with Crippen LogP contribution in [-0.2, 0) is 16.0 Å². The maximum atomic E-state index is 11.0. The van der Waals surface area contributed by atoms with Gasteiger partial charge < -0.3 is 4.74 Å². The van der Waals surface area contributed by atoms with Crippen molar-refractivity contribution in [2.45, 2.75) is 19.3 Å². The van der Waals surface area contributed by atoms with Crippen molar-refractivity contribution >= 4 is 5.97 Å². The van der Waals surface area contributed by atoms with Gasteiger partial charge in [-0.15, -0.1) is 0 Å². The Bertz CT molecular complexity index is 869. The van der Waals surface area contributed by atoms with Crippen molar-refractivity contribution in [3.63, 3.8) is 0 Å². The molecule has 0 saturated heterocycles. The number of rotatable bonds is 8. The molecule has 0 bridgehead atoms. The van der Waals surface area contributed by atoms with Crippen LogP contribution in [0.15, 0.2) is 85.7 Å². The van der Waals surface area contributed by atoms with Gasteiger partial charge in [0.1, 0.15) is 0 Å². The Kier molecular flexibility index (Phi) is 6.53. The summed E-state index contributed by atoms with van der Waals surface area (Å²) in [6.07, 6.45) is 7.68. The van der Waals surface area contributed by atoms with E-state index in [0.717, 1.165) is 24.8 Å². The third kappa shape index (κ3) is 5.38. The molecule has 27 heavy (non-hydrogen) atoms. The average Bonchev–Trinajstić information content (AvgIpc) is 2.74. The van der Waals surface area contributed by atoms with Crippen molar-refractivity contribution in [3.8, 4) is 22.3 Å². The topological polar surface area (TPSA) is 39.2 Å². The molecule has 3 rings (SSSR count). The Hall–Kier alpha value is -3.20. The lowest BCUT2D eigenvalue weighted by atomic mass is 9.99. The standard InChI is InChI=1S/C24H23NO2/c1-2-24(26)27-17-4-3-6-19-8-10-20(11-9-19)21-12-14-22(15-13-21)23-7-5-16-25-18-23/h2,5,7-16,18H,1,3-4,6,17H2. The van der Waals surface area contributed by atoms with E-state index in [1.165, 1.54) is 28.3 Å². The number of benzene rings is 2. The van der Waals surface area contributed by atoms with Gasteiger partial charge in [0.2, 0.25) is 0 Å². The number of carbonyl (C=O) groups is 1. The maximum absolute atomic E-state index is 11.0. The molecule has 0 radical (unpaired) electrons. The summed E-state index contributed by atoms with van der Waals surface area (Å²) in [5, 5.41) is 0. The molecule has 3 heteroatoms. The summed E-state index contributed by atoms with van der Waals surface area (Å²) in [5.74, 6) is -0.353. The second kappa shape index (κ2) is 9.48. The molecule has 136 valence electrons. The normalized spacial score (nSPS) is 10.4. The number of carbonyl (C=O) groups excluding carboxylic acids is 1. The fraction of sp³-hybridized carbons (Fsp3) is 0.167. The highest BCUT2D eigenvalue weighted by Crippen LogP contribution is 2.25. The lowest BCUT2D eigenvalue weighted by Gasteiger charge is -2.07. The van der Waals surface area contributed by atoms with Crippen molar-refractivity contribution in [2.24, 2.45) is 0 Å². The zero-order valence-electron chi connectivity index (χ0n) is 15.3. The van der Waals surface area contributed by atoms with Crippen LogP contribution in [0.2, 0.25) is 0 Å². The molecular weight excluding hydrogens is 334 g/mol. The summed E-state index contributed by atoms with van der Waals surface area (Å²) in [6.45, 7) is 3.83. The Morgan fingerprint density at radius 3 is 2.11 bits per heavy atom. The van der Waals surface area contributed by atoms with Gasteiger partial charge >= 0.3 is 5.97 Å². The van der Waals surface area contributed by atoms with Gasteiger partial charge in [0.05, 0.1) is 6.61 Å². The summed E-state index contributed by atoms with van der Waals surface area (Å²) in [5.41, 5.74) is 5.99. The van der Waals surface area contributed by atoms with E-state index in [4.69, 9.17) is 4.74 Å². The van der Waals surface area contributed by atoms with Crippen LogP contribution in [-0.4, -0.2) is 17.6 Å². The zero-order chi connectivity index (χ0) is 18.9. The minimum Gasteiger partial charge on any atom is -0.463 e. The molecular formula is C24H23NO2. The predicted molar refractivity (Wildman–Crippen MR) is 109 cm³/mol. The number of ether oxygens (including phenoxy) is 1. The highest BCUT2D eigenvalue weighted by Gasteiger charge is 2.02. The summed E-state index contributed by atoms with van der Waals surface area (Å²) < 4.78 is 4.99. The van der Waals surface area contributed by atoms with E-state index in [-0.39, 0.29) is 5.97 Å². The number of nitrogens with zero attached hydrogens (tertiary/aromatic N) is 1. The Morgan fingerprint density at radius 1 is 0.889 bits per heavy atom. The summed E-state index contributed by atoms with van der Waals surface area (Å²) in [4.78, 5) is 15.1. The first kappa shape index (κ1) is 18.6. The molecule has 0 fully saturated rings. The molecule has 2 aromatic carbocycles. The van der Waals surface area contributed by atoms with Crippen LogP contribution in [0.5, 0.6) is 0 Å². The van der Waals surface area contributed by atoms with Crippen molar-refractivity contribution < 1.29 is 9.53 Å². The number of hydrogen-bond acceptors (Lipinski definition) is 3. The average molecular weight is 357 g/mol.